The van der Waals surface area contributed by atoms with Crippen LogP contribution in [0.3, 0.4) is 0 Å². The maximum atomic E-state index is 12.2. The van der Waals surface area contributed by atoms with Crippen LogP contribution in [0.4, 0.5) is 0 Å². The van der Waals surface area contributed by atoms with Crippen LogP contribution in [0, 0.1) is 5.92 Å². The second kappa shape index (κ2) is 10.2. The first-order valence-electron chi connectivity index (χ1n) is 9.34. The Bertz CT molecular complexity index is 791. The highest BCUT2D eigenvalue weighted by molar-refractivity contribution is 6.36. The highest BCUT2D eigenvalue weighted by atomic mass is 35.5. The van der Waals surface area contributed by atoms with Gasteiger partial charge in [0.25, 0.3) is 0 Å². The Morgan fingerprint density at radius 2 is 2.14 bits per heavy atom. The van der Waals surface area contributed by atoms with E-state index in [-0.39, 0.29) is 11.8 Å². The molecule has 0 bridgehead atoms. The Morgan fingerprint density at radius 3 is 2.86 bits per heavy atom. The second-order valence-corrected chi connectivity index (χ2v) is 7.67. The standard InChI is InChI=1S/C19H24Cl2N4O3/c1-27-10-2-7-22-19(26)13-5-8-25(9-6-13)12-17-23-18(24-28-17)15-4-3-14(20)11-16(15)21/h3-4,11,13H,2,5-10,12H2,1H3,(H,22,26). The largest absolute Gasteiger partial charge is 0.385 e. The maximum Gasteiger partial charge on any atom is 0.241 e. The lowest BCUT2D eigenvalue weighted by Gasteiger charge is -2.30. The fourth-order valence-electron chi connectivity index (χ4n) is 3.22. The molecule has 1 fully saturated rings. The van der Waals surface area contributed by atoms with E-state index in [0.29, 0.717) is 47.0 Å². The van der Waals surface area contributed by atoms with E-state index < -0.39 is 0 Å². The molecule has 152 valence electrons. The second-order valence-electron chi connectivity index (χ2n) is 6.82. The number of carbonyl (C=O) groups is 1. The smallest absolute Gasteiger partial charge is 0.241 e. The van der Waals surface area contributed by atoms with Crippen LogP contribution in [0.25, 0.3) is 11.4 Å². The predicted octanol–water partition coefficient (Wildman–Crippen LogP) is 3.41. The molecule has 0 atom stereocenters. The van der Waals surface area contributed by atoms with Crippen LogP contribution in [0.2, 0.25) is 10.0 Å². The van der Waals surface area contributed by atoms with Gasteiger partial charge < -0.3 is 14.6 Å². The molecule has 1 N–H and O–H groups in total. The Balaban J connectivity index is 1.47. The lowest BCUT2D eigenvalue weighted by Crippen LogP contribution is -2.40. The number of nitrogens with zero attached hydrogens (tertiary/aromatic N) is 3. The Hall–Kier alpha value is -1.67. The molecule has 3 rings (SSSR count). The number of aromatic nitrogens is 2. The minimum Gasteiger partial charge on any atom is -0.385 e. The van der Waals surface area contributed by atoms with Gasteiger partial charge in [0, 0.05) is 36.8 Å². The zero-order chi connectivity index (χ0) is 19.9. The van der Waals surface area contributed by atoms with Crippen LogP contribution in [-0.2, 0) is 16.1 Å². The Labute approximate surface area is 174 Å². The average Bonchev–Trinajstić information content (AvgIpc) is 3.14. The fraction of sp³-hybridized carbons (Fsp3) is 0.526. The number of hydrogen-bond acceptors (Lipinski definition) is 6. The molecular weight excluding hydrogens is 403 g/mol. The summed E-state index contributed by atoms with van der Waals surface area (Å²) >= 11 is 12.1. The van der Waals surface area contributed by atoms with Gasteiger partial charge in [0.1, 0.15) is 0 Å². The summed E-state index contributed by atoms with van der Waals surface area (Å²) in [4.78, 5) is 18.9. The molecule has 1 aromatic heterocycles. The average molecular weight is 427 g/mol. The van der Waals surface area contributed by atoms with E-state index in [2.05, 4.69) is 20.4 Å². The summed E-state index contributed by atoms with van der Waals surface area (Å²) in [5.41, 5.74) is 0.685. The van der Waals surface area contributed by atoms with Gasteiger partial charge in [-0.25, -0.2) is 0 Å². The van der Waals surface area contributed by atoms with Crippen LogP contribution >= 0.6 is 23.2 Å². The van der Waals surface area contributed by atoms with Crippen molar-refractivity contribution in [2.24, 2.45) is 5.92 Å². The van der Waals surface area contributed by atoms with Gasteiger partial charge in [0.05, 0.1) is 11.6 Å². The van der Waals surface area contributed by atoms with Crippen molar-refractivity contribution in [1.82, 2.24) is 20.4 Å². The number of nitrogens with one attached hydrogen (secondary N) is 1. The molecule has 1 aliphatic heterocycles. The molecule has 28 heavy (non-hydrogen) atoms. The summed E-state index contributed by atoms with van der Waals surface area (Å²) < 4.78 is 10.4. The lowest BCUT2D eigenvalue weighted by molar-refractivity contribution is -0.126. The first-order valence-corrected chi connectivity index (χ1v) is 10.1. The van der Waals surface area contributed by atoms with E-state index in [9.17, 15) is 4.79 Å². The van der Waals surface area contributed by atoms with Gasteiger partial charge in [0.2, 0.25) is 17.6 Å². The molecule has 1 aliphatic rings. The molecule has 2 aromatic rings. The summed E-state index contributed by atoms with van der Waals surface area (Å²) in [5.74, 6) is 1.17. The minimum atomic E-state index is 0.0601. The van der Waals surface area contributed by atoms with E-state index in [0.717, 1.165) is 32.4 Å². The molecule has 2 heterocycles. The van der Waals surface area contributed by atoms with Crippen LogP contribution in [0.1, 0.15) is 25.2 Å². The zero-order valence-electron chi connectivity index (χ0n) is 15.8. The molecule has 0 aliphatic carbocycles. The van der Waals surface area contributed by atoms with Gasteiger partial charge in [-0.3, -0.25) is 9.69 Å². The van der Waals surface area contributed by atoms with E-state index >= 15 is 0 Å². The summed E-state index contributed by atoms with van der Waals surface area (Å²) in [7, 11) is 1.66. The quantitative estimate of drug-likeness (QED) is 0.651. The molecule has 0 saturated carbocycles. The highest BCUT2D eigenvalue weighted by Crippen LogP contribution is 2.28. The van der Waals surface area contributed by atoms with Crippen molar-refractivity contribution < 1.29 is 14.1 Å². The van der Waals surface area contributed by atoms with Crippen molar-refractivity contribution in [3.63, 3.8) is 0 Å². The third kappa shape index (κ3) is 5.67. The number of ether oxygens (including phenoxy) is 1. The third-order valence-electron chi connectivity index (χ3n) is 4.78. The molecule has 0 spiro atoms. The lowest BCUT2D eigenvalue weighted by atomic mass is 9.96. The van der Waals surface area contributed by atoms with Crippen molar-refractivity contribution >= 4 is 29.1 Å². The summed E-state index contributed by atoms with van der Waals surface area (Å²) in [5, 5.41) is 8.04. The fourth-order valence-corrected chi connectivity index (χ4v) is 3.71. The maximum absolute atomic E-state index is 12.2. The molecule has 0 radical (unpaired) electrons. The molecule has 0 unspecified atom stereocenters. The topological polar surface area (TPSA) is 80.5 Å². The van der Waals surface area contributed by atoms with Gasteiger partial charge in [-0.05, 0) is 50.6 Å². The number of methoxy groups -OCH3 is 1. The normalized spacial score (nSPS) is 15.7. The number of hydrogen-bond donors (Lipinski definition) is 1. The van der Waals surface area contributed by atoms with E-state index in [1.165, 1.54) is 0 Å². The summed E-state index contributed by atoms with van der Waals surface area (Å²) in [6.45, 7) is 3.50. The number of halogens is 2. The number of carbonyl (C=O) groups excluding carboxylic acids is 1. The van der Waals surface area contributed by atoms with Crippen molar-refractivity contribution in [3.05, 3.63) is 34.1 Å². The molecular formula is C19H24Cl2N4O3. The monoisotopic (exact) mass is 426 g/mol. The van der Waals surface area contributed by atoms with Crippen molar-refractivity contribution in [1.29, 1.82) is 0 Å². The van der Waals surface area contributed by atoms with Gasteiger partial charge in [-0.15, -0.1) is 0 Å². The predicted molar refractivity (Wildman–Crippen MR) is 107 cm³/mol. The van der Waals surface area contributed by atoms with Crippen LogP contribution in [0.15, 0.2) is 22.7 Å². The molecule has 9 heteroatoms. The van der Waals surface area contributed by atoms with Gasteiger partial charge in [0.15, 0.2) is 0 Å². The highest BCUT2D eigenvalue weighted by Gasteiger charge is 2.25. The first kappa shape index (κ1) is 21.0. The molecule has 1 aromatic carbocycles. The summed E-state index contributed by atoms with van der Waals surface area (Å²) in [6, 6.07) is 5.17. The van der Waals surface area contributed by atoms with E-state index in [4.69, 9.17) is 32.5 Å². The van der Waals surface area contributed by atoms with Gasteiger partial charge in [-0.1, -0.05) is 28.4 Å². The van der Waals surface area contributed by atoms with Crippen molar-refractivity contribution in [2.75, 3.05) is 33.4 Å². The van der Waals surface area contributed by atoms with E-state index in [1.54, 1.807) is 25.3 Å². The number of piperidine rings is 1. The molecule has 7 nitrogen and oxygen atoms in total. The first-order chi connectivity index (χ1) is 13.6. The molecule has 1 saturated heterocycles. The van der Waals surface area contributed by atoms with Crippen LogP contribution < -0.4 is 5.32 Å². The number of likely N-dealkylation sites (tertiary alicyclic amines) is 1. The zero-order valence-corrected chi connectivity index (χ0v) is 17.3. The van der Waals surface area contributed by atoms with Crippen LogP contribution in [0.5, 0.6) is 0 Å². The Kier molecular flexibility index (Phi) is 7.67. The SMILES string of the molecule is COCCCNC(=O)C1CCN(Cc2nc(-c3ccc(Cl)cc3Cl)no2)CC1. The van der Waals surface area contributed by atoms with Crippen molar-refractivity contribution in [3.8, 4) is 11.4 Å². The van der Waals surface area contributed by atoms with Gasteiger partial charge >= 0.3 is 0 Å². The van der Waals surface area contributed by atoms with Crippen LogP contribution in [-0.4, -0.2) is 54.3 Å². The molecule has 1 amide bonds. The number of amides is 1. The number of rotatable bonds is 8. The number of benzene rings is 1. The van der Waals surface area contributed by atoms with Crippen molar-refractivity contribution in [2.45, 2.75) is 25.8 Å². The minimum absolute atomic E-state index is 0.0601. The summed E-state index contributed by atoms with van der Waals surface area (Å²) in [6.07, 6.45) is 2.47. The third-order valence-corrected chi connectivity index (χ3v) is 5.33. The van der Waals surface area contributed by atoms with Gasteiger partial charge in [-0.2, -0.15) is 4.98 Å². The Morgan fingerprint density at radius 1 is 1.36 bits per heavy atom. The van der Waals surface area contributed by atoms with E-state index in [1.807, 2.05) is 0 Å².